The molecule has 2 aromatic heterocycles. The topological polar surface area (TPSA) is 108 Å². The Balaban J connectivity index is 1.92. The van der Waals surface area contributed by atoms with Crippen LogP contribution < -0.4 is 5.73 Å². The van der Waals surface area contributed by atoms with Crippen molar-refractivity contribution in [1.29, 1.82) is 0 Å². The van der Waals surface area contributed by atoms with Gasteiger partial charge in [-0.15, -0.1) is 0 Å². The van der Waals surface area contributed by atoms with Crippen LogP contribution >= 0.6 is 11.6 Å². The second-order valence-corrected chi connectivity index (χ2v) is 6.29. The van der Waals surface area contributed by atoms with Gasteiger partial charge in [0.1, 0.15) is 11.0 Å². The van der Waals surface area contributed by atoms with Crippen LogP contribution in [0.5, 0.6) is 0 Å². The van der Waals surface area contributed by atoms with E-state index in [1.165, 1.54) is 30.3 Å². The quantitative estimate of drug-likeness (QED) is 0.307. The minimum Gasteiger partial charge on any atom is -0.368 e. The summed E-state index contributed by atoms with van der Waals surface area (Å²) in [5.74, 6) is -0.494. The van der Waals surface area contributed by atoms with E-state index in [-0.39, 0.29) is 22.5 Å². The van der Waals surface area contributed by atoms with Gasteiger partial charge in [0, 0.05) is 17.0 Å². The lowest BCUT2D eigenvalue weighted by molar-refractivity contribution is -0.384. The number of hydrogen-bond acceptors (Lipinski definition) is 6. The van der Waals surface area contributed by atoms with E-state index in [9.17, 15) is 14.5 Å². The van der Waals surface area contributed by atoms with Gasteiger partial charge in [-0.05, 0) is 36.4 Å². The monoisotopic (exact) mass is 395 g/mol. The van der Waals surface area contributed by atoms with Crippen LogP contribution in [0.1, 0.15) is 0 Å². The molecule has 2 N–H and O–H groups in total. The summed E-state index contributed by atoms with van der Waals surface area (Å²) in [4.78, 5) is 23.4. The zero-order valence-electron chi connectivity index (χ0n) is 14.1. The Hall–Kier alpha value is -3.65. The Morgan fingerprint density at radius 2 is 1.68 bits per heavy atom. The fourth-order valence-corrected chi connectivity index (χ4v) is 3.14. The summed E-state index contributed by atoms with van der Waals surface area (Å²) in [7, 11) is 0. The average molecular weight is 396 g/mol. The number of anilines is 1. The third-order valence-corrected chi connectivity index (χ3v) is 4.41. The van der Waals surface area contributed by atoms with Crippen molar-refractivity contribution in [2.75, 3.05) is 5.73 Å². The van der Waals surface area contributed by atoms with Crippen molar-refractivity contribution in [1.82, 2.24) is 15.0 Å². The lowest BCUT2D eigenvalue weighted by Crippen LogP contribution is -2.01. The molecule has 0 aliphatic heterocycles. The molecule has 0 aliphatic rings. The molecule has 2 heterocycles. The third kappa shape index (κ3) is 3.21. The minimum absolute atomic E-state index is 0.0824. The third-order valence-electron chi connectivity index (χ3n) is 4.13. The van der Waals surface area contributed by atoms with Crippen LogP contribution in [0.15, 0.2) is 54.6 Å². The minimum atomic E-state index is -0.499. The molecule has 0 bridgehead atoms. The highest BCUT2D eigenvalue weighted by Gasteiger charge is 2.18. The van der Waals surface area contributed by atoms with E-state index in [1.54, 1.807) is 24.3 Å². The molecule has 0 fully saturated rings. The lowest BCUT2D eigenvalue weighted by atomic mass is 10.1. The molecule has 2 aromatic carbocycles. The van der Waals surface area contributed by atoms with Crippen molar-refractivity contribution in [3.8, 4) is 22.5 Å². The van der Waals surface area contributed by atoms with Gasteiger partial charge < -0.3 is 5.73 Å². The molecule has 0 atom stereocenters. The second kappa shape index (κ2) is 6.82. The molecule has 0 saturated heterocycles. The maximum Gasteiger partial charge on any atom is 0.278 e. The zero-order chi connectivity index (χ0) is 19.8. The summed E-state index contributed by atoms with van der Waals surface area (Å²) < 4.78 is 13.6. The average Bonchev–Trinajstić information content (AvgIpc) is 2.67. The van der Waals surface area contributed by atoms with E-state index in [0.29, 0.717) is 27.7 Å². The number of hydrogen-bond donors (Lipinski definition) is 1. The van der Waals surface area contributed by atoms with Gasteiger partial charge in [-0.2, -0.15) is 0 Å². The summed E-state index contributed by atoms with van der Waals surface area (Å²) in [6, 6.07) is 13.5. The smallest absolute Gasteiger partial charge is 0.278 e. The predicted octanol–water partition coefficient (Wildman–Crippen LogP) is 4.64. The molecule has 4 aromatic rings. The number of rotatable bonds is 3. The number of pyridine rings is 1. The van der Waals surface area contributed by atoms with E-state index in [1.807, 2.05) is 0 Å². The molecule has 4 rings (SSSR count). The van der Waals surface area contributed by atoms with Gasteiger partial charge in [0.25, 0.3) is 5.69 Å². The van der Waals surface area contributed by atoms with Crippen LogP contribution in [0.25, 0.3) is 33.4 Å². The molecule has 0 amide bonds. The Morgan fingerprint density at radius 1 is 0.964 bits per heavy atom. The Bertz CT molecular complexity index is 1250. The number of nitrogens with two attached hydrogens (primary N) is 1. The van der Waals surface area contributed by atoms with Gasteiger partial charge in [-0.3, -0.25) is 10.1 Å². The van der Waals surface area contributed by atoms with E-state index in [2.05, 4.69) is 15.0 Å². The van der Waals surface area contributed by atoms with Crippen LogP contribution in [-0.4, -0.2) is 19.9 Å². The number of nitrogen functional groups attached to an aromatic ring is 1. The summed E-state index contributed by atoms with van der Waals surface area (Å²) >= 11 is 6.30. The number of benzene rings is 2. The summed E-state index contributed by atoms with van der Waals surface area (Å²) in [5, 5.41) is 12.0. The zero-order valence-corrected chi connectivity index (χ0v) is 14.9. The molecule has 0 radical (unpaired) electrons. The highest BCUT2D eigenvalue weighted by Crippen LogP contribution is 2.34. The van der Waals surface area contributed by atoms with Gasteiger partial charge in [0.2, 0.25) is 5.95 Å². The maximum absolute atomic E-state index is 13.6. The first-order chi connectivity index (χ1) is 13.4. The normalized spacial score (nSPS) is 10.9. The molecule has 0 saturated carbocycles. The molecule has 138 valence electrons. The molecular formula is C19H11ClFN5O2. The number of nitrogens with zero attached hydrogens (tertiary/aromatic N) is 4. The molecule has 28 heavy (non-hydrogen) atoms. The number of para-hydroxylation sites is 1. The first-order valence-electron chi connectivity index (χ1n) is 8.07. The van der Waals surface area contributed by atoms with Gasteiger partial charge >= 0.3 is 0 Å². The van der Waals surface area contributed by atoms with Gasteiger partial charge in [-0.1, -0.05) is 23.7 Å². The Labute approximate surface area is 162 Å². The van der Waals surface area contributed by atoms with E-state index < -0.39 is 10.7 Å². The highest BCUT2D eigenvalue weighted by atomic mass is 35.5. The molecule has 0 unspecified atom stereocenters. The molecule has 0 spiro atoms. The van der Waals surface area contributed by atoms with Crippen molar-refractivity contribution in [3.05, 3.63) is 75.7 Å². The predicted molar refractivity (Wildman–Crippen MR) is 104 cm³/mol. The van der Waals surface area contributed by atoms with E-state index in [0.717, 1.165) is 0 Å². The standard InChI is InChI=1S/C19H11ClFN5O2/c20-18-13(8-10-7-11(21)5-6-14(10)23-18)16-9-15(24-19(22)25-16)12-3-1-2-4-17(12)26(27)28/h1-9H,(H2,22,24,25). The van der Waals surface area contributed by atoms with Crippen molar-refractivity contribution in [2.45, 2.75) is 0 Å². The van der Waals surface area contributed by atoms with Crippen molar-refractivity contribution in [2.24, 2.45) is 0 Å². The summed E-state index contributed by atoms with van der Waals surface area (Å²) in [6.45, 7) is 0. The molecule has 0 aliphatic carbocycles. The second-order valence-electron chi connectivity index (χ2n) is 5.93. The number of halogens is 2. The van der Waals surface area contributed by atoms with Crippen LogP contribution in [-0.2, 0) is 0 Å². The van der Waals surface area contributed by atoms with Gasteiger partial charge in [0.15, 0.2) is 0 Å². The van der Waals surface area contributed by atoms with Crippen LogP contribution in [0.3, 0.4) is 0 Å². The van der Waals surface area contributed by atoms with E-state index >= 15 is 0 Å². The van der Waals surface area contributed by atoms with Crippen LogP contribution in [0, 0.1) is 15.9 Å². The van der Waals surface area contributed by atoms with Crippen molar-refractivity contribution >= 4 is 34.1 Å². The largest absolute Gasteiger partial charge is 0.368 e. The first-order valence-corrected chi connectivity index (χ1v) is 8.45. The van der Waals surface area contributed by atoms with Gasteiger partial charge in [0.05, 0.1) is 27.4 Å². The van der Waals surface area contributed by atoms with Crippen molar-refractivity contribution < 1.29 is 9.31 Å². The van der Waals surface area contributed by atoms with Crippen LogP contribution in [0.2, 0.25) is 5.15 Å². The number of nitro groups is 1. The number of fused-ring (bicyclic) bond motifs is 1. The summed E-state index contributed by atoms with van der Waals surface area (Å²) in [6.07, 6.45) is 0. The highest BCUT2D eigenvalue weighted by molar-refractivity contribution is 6.32. The maximum atomic E-state index is 13.6. The first kappa shape index (κ1) is 17.7. The van der Waals surface area contributed by atoms with Gasteiger partial charge in [-0.25, -0.2) is 19.3 Å². The SMILES string of the molecule is Nc1nc(-c2ccccc2[N+](=O)[O-])cc(-c2cc3cc(F)ccc3nc2Cl)n1. The molecule has 9 heteroatoms. The molecular weight excluding hydrogens is 385 g/mol. The fraction of sp³-hybridized carbons (Fsp3) is 0. The van der Waals surface area contributed by atoms with Crippen LogP contribution in [0.4, 0.5) is 16.0 Å². The Morgan fingerprint density at radius 3 is 2.43 bits per heavy atom. The molecule has 7 nitrogen and oxygen atoms in total. The number of aromatic nitrogens is 3. The van der Waals surface area contributed by atoms with E-state index in [4.69, 9.17) is 17.3 Å². The Kier molecular flexibility index (Phi) is 4.32. The summed E-state index contributed by atoms with van der Waals surface area (Å²) in [5.41, 5.74) is 7.53. The lowest BCUT2D eigenvalue weighted by Gasteiger charge is -2.09. The fourth-order valence-electron chi connectivity index (χ4n) is 2.89. The number of nitro benzene ring substituents is 1. The van der Waals surface area contributed by atoms with Crippen molar-refractivity contribution in [3.63, 3.8) is 0 Å².